The predicted octanol–water partition coefficient (Wildman–Crippen LogP) is 5.33. The Balaban J connectivity index is 2.28. The Kier molecular flexibility index (Phi) is 7.38. The first kappa shape index (κ1) is 23.3. The van der Waals surface area contributed by atoms with Gasteiger partial charge in [0.2, 0.25) is 0 Å². The molecule has 0 bridgehead atoms. The van der Waals surface area contributed by atoms with Crippen LogP contribution >= 0.6 is 34.8 Å². The molecule has 3 rings (SSSR count). The Morgan fingerprint density at radius 1 is 1.13 bits per heavy atom. The first-order chi connectivity index (χ1) is 14.8. The van der Waals surface area contributed by atoms with Crippen molar-refractivity contribution in [1.29, 1.82) is 0 Å². The van der Waals surface area contributed by atoms with Gasteiger partial charge in [-0.3, -0.25) is 4.79 Å². The fourth-order valence-corrected chi connectivity index (χ4v) is 3.93. The molecule has 0 fully saturated rings. The summed E-state index contributed by atoms with van der Waals surface area (Å²) in [5.41, 5.74) is 1.84. The van der Waals surface area contributed by atoms with Crippen LogP contribution in [0.4, 0.5) is 0 Å². The molecule has 3 aromatic rings. The van der Waals surface area contributed by atoms with Crippen LogP contribution in [-0.4, -0.2) is 27.7 Å². The highest BCUT2D eigenvalue weighted by atomic mass is 35.5. The number of carboxylic acid groups (broad SMARTS) is 1. The van der Waals surface area contributed by atoms with Gasteiger partial charge in [0, 0.05) is 37.4 Å². The number of aromatic nitrogens is 2. The number of rotatable bonds is 7. The highest BCUT2D eigenvalue weighted by molar-refractivity contribution is 6.42. The summed E-state index contributed by atoms with van der Waals surface area (Å²) in [5, 5.41) is 10.7. The number of halogens is 3. The summed E-state index contributed by atoms with van der Waals surface area (Å²) in [7, 11) is 1.57. The lowest BCUT2D eigenvalue weighted by molar-refractivity contribution is 0.0695. The van der Waals surface area contributed by atoms with Crippen molar-refractivity contribution >= 4 is 40.8 Å². The van der Waals surface area contributed by atoms with Gasteiger partial charge in [0.25, 0.3) is 0 Å². The first-order valence-corrected chi connectivity index (χ1v) is 10.5. The summed E-state index contributed by atoms with van der Waals surface area (Å²) >= 11 is 18.3. The van der Waals surface area contributed by atoms with Gasteiger partial charge in [-0.15, -0.1) is 0 Å². The molecule has 0 saturated heterocycles. The van der Waals surface area contributed by atoms with E-state index in [2.05, 4.69) is 4.98 Å². The quantitative estimate of drug-likeness (QED) is 0.462. The van der Waals surface area contributed by atoms with Crippen molar-refractivity contribution in [3.05, 3.63) is 84.3 Å². The zero-order valence-corrected chi connectivity index (χ0v) is 19.1. The number of pyridine rings is 2. The molecule has 6 nitrogen and oxygen atoms in total. The lowest BCUT2D eigenvalue weighted by Gasteiger charge is -2.20. The van der Waals surface area contributed by atoms with E-state index in [4.69, 9.17) is 39.5 Å². The van der Waals surface area contributed by atoms with Crippen LogP contribution < -0.4 is 5.43 Å². The average Bonchev–Trinajstić information content (AvgIpc) is 2.71. The normalized spacial score (nSPS) is 11.0. The number of aromatic carboxylic acids is 1. The van der Waals surface area contributed by atoms with Gasteiger partial charge in [-0.2, -0.15) is 0 Å². The number of nitrogens with zero attached hydrogens (tertiary/aromatic N) is 2. The van der Waals surface area contributed by atoms with E-state index in [1.807, 2.05) is 13.0 Å². The molecule has 0 amide bonds. The smallest absolute Gasteiger partial charge is 0.341 e. The Morgan fingerprint density at radius 2 is 1.87 bits per heavy atom. The summed E-state index contributed by atoms with van der Waals surface area (Å²) < 4.78 is 7.01. The first-order valence-electron chi connectivity index (χ1n) is 9.35. The van der Waals surface area contributed by atoms with E-state index in [1.165, 1.54) is 6.07 Å². The van der Waals surface area contributed by atoms with Gasteiger partial charge in [-0.1, -0.05) is 46.9 Å². The van der Waals surface area contributed by atoms with E-state index in [1.54, 1.807) is 35.9 Å². The molecular formula is C22H19Cl3N2O4. The molecule has 2 aromatic heterocycles. The molecule has 0 saturated carbocycles. The largest absolute Gasteiger partial charge is 0.477 e. The minimum absolute atomic E-state index is 0.256. The lowest BCUT2D eigenvalue weighted by Crippen LogP contribution is -2.24. The maximum atomic E-state index is 12.8. The van der Waals surface area contributed by atoms with Crippen molar-refractivity contribution in [3.63, 3.8) is 0 Å². The minimum atomic E-state index is -1.32. The van der Waals surface area contributed by atoms with Crippen LogP contribution in [0, 0.1) is 0 Å². The zero-order valence-electron chi connectivity index (χ0n) is 16.8. The number of carboxylic acids is 1. The van der Waals surface area contributed by atoms with Crippen LogP contribution in [0.2, 0.25) is 15.2 Å². The Bertz CT molecular complexity index is 1210. The molecular weight excluding hydrogens is 463 g/mol. The molecule has 2 heterocycles. The molecule has 162 valence electrons. The van der Waals surface area contributed by atoms with Crippen molar-refractivity contribution < 1.29 is 14.6 Å². The molecule has 0 atom stereocenters. The van der Waals surface area contributed by atoms with Crippen LogP contribution in [0.3, 0.4) is 0 Å². The van der Waals surface area contributed by atoms with E-state index in [-0.39, 0.29) is 22.7 Å². The molecule has 31 heavy (non-hydrogen) atoms. The molecule has 0 spiro atoms. The van der Waals surface area contributed by atoms with Crippen molar-refractivity contribution in [3.8, 4) is 11.3 Å². The molecule has 0 aliphatic heterocycles. The Labute approximate surface area is 194 Å². The maximum Gasteiger partial charge on any atom is 0.341 e. The summed E-state index contributed by atoms with van der Waals surface area (Å²) in [6, 6.07) is 9.56. The molecule has 1 N–H and O–H groups in total. The van der Waals surface area contributed by atoms with E-state index in [0.717, 1.165) is 5.56 Å². The second-order valence-electron chi connectivity index (χ2n) is 6.75. The third-order valence-electron chi connectivity index (χ3n) is 4.80. The minimum Gasteiger partial charge on any atom is -0.477 e. The summed E-state index contributed by atoms with van der Waals surface area (Å²) in [4.78, 5) is 29.2. The summed E-state index contributed by atoms with van der Waals surface area (Å²) in [5.74, 6) is -1.32. The second kappa shape index (κ2) is 9.83. The number of hydrogen-bond donors (Lipinski definition) is 1. The van der Waals surface area contributed by atoms with Crippen LogP contribution in [0.15, 0.2) is 41.2 Å². The van der Waals surface area contributed by atoms with Crippen molar-refractivity contribution in [2.24, 2.45) is 0 Å². The molecule has 0 aliphatic rings. The van der Waals surface area contributed by atoms with Gasteiger partial charge >= 0.3 is 5.97 Å². The number of carbonyl (C=O) groups is 1. The maximum absolute atomic E-state index is 12.8. The number of ether oxygens (including phenoxy) is 1. The Hall–Kier alpha value is -2.38. The number of methoxy groups -OCH3 is 1. The predicted molar refractivity (Wildman–Crippen MR) is 122 cm³/mol. The van der Waals surface area contributed by atoms with E-state index < -0.39 is 11.4 Å². The summed E-state index contributed by atoms with van der Waals surface area (Å²) in [6.07, 6.45) is 0.260. The van der Waals surface area contributed by atoms with Gasteiger partial charge in [0.1, 0.15) is 10.7 Å². The molecule has 9 heteroatoms. The van der Waals surface area contributed by atoms with Gasteiger partial charge in [-0.25, -0.2) is 9.78 Å². The van der Waals surface area contributed by atoms with Gasteiger partial charge in [0.05, 0.1) is 28.0 Å². The van der Waals surface area contributed by atoms with E-state index >= 15 is 0 Å². The van der Waals surface area contributed by atoms with Crippen molar-refractivity contribution in [2.45, 2.75) is 26.5 Å². The van der Waals surface area contributed by atoms with Crippen molar-refractivity contribution in [1.82, 2.24) is 9.55 Å². The van der Waals surface area contributed by atoms with Crippen LogP contribution in [0.1, 0.15) is 34.2 Å². The zero-order chi connectivity index (χ0) is 22.7. The molecule has 1 aromatic carbocycles. The summed E-state index contributed by atoms with van der Waals surface area (Å²) in [6.45, 7) is 2.59. The third kappa shape index (κ3) is 4.93. The van der Waals surface area contributed by atoms with Gasteiger partial charge in [0.15, 0.2) is 5.43 Å². The van der Waals surface area contributed by atoms with Crippen LogP contribution in [0.25, 0.3) is 11.3 Å². The highest BCUT2D eigenvalue weighted by Crippen LogP contribution is 2.31. The fourth-order valence-electron chi connectivity index (χ4n) is 3.47. The SMILES string of the molecule is CCn1c(Cc2nc(Cl)ccc2COC)cc(=O)c(C(=O)O)c1-c1ccc(Cl)c(Cl)c1. The standard InChI is InChI=1S/C22H19Cl3N2O4/c1-3-27-14(9-17-13(11-31-2)5-7-19(25)26-17)10-18(28)20(22(29)30)21(27)12-4-6-15(23)16(24)8-12/h4-8,10H,3,9,11H2,1-2H3,(H,29,30). The van der Waals surface area contributed by atoms with Gasteiger partial charge in [-0.05, 0) is 30.7 Å². The highest BCUT2D eigenvalue weighted by Gasteiger charge is 2.23. The van der Waals surface area contributed by atoms with Crippen molar-refractivity contribution in [2.75, 3.05) is 7.11 Å². The van der Waals surface area contributed by atoms with Crippen LogP contribution in [0.5, 0.6) is 0 Å². The molecule has 0 unspecified atom stereocenters. The molecule has 0 radical (unpaired) electrons. The average molecular weight is 482 g/mol. The fraction of sp³-hybridized carbons (Fsp3) is 0.227. The topological polar surface area (TPSA) is 81.4 Å². The van der Waals surface area contributed by atoms with E-state index in [0.29, 0.717) is 40.3 Å². The lowest BCUT2D eigenvalue weighted by atomic mass is 10.0. The third-order valence-corrected chi connectivity index (χ3v) is 5.75. The van der Waals surface area contributed by atoms with E-state index in [9.17, 15) is 14.7 Å². The monoisotopic (exact) mass is 480 g/mol. The molecule has 0 aliphatic carbocycles. The van der Waals surface area contributed by atoms with Gasteiger partial charge < -0.3 is 14.4 Å². The Morgan fingerprint density at radius 3 is 2.48 bits per heavy atom. The second-order valence-corrected chi connectivity index (χ2v) is 7.95. The van der Waals surface area contributed by atoms with Crippen LogP contribution in [-0.2, 0) is 24.3 Å². The number of benzene rings is 1. The number of hydrogen-bond acceptors (Lipinski definition) is 4.